The predicted octanol–water partition coefficient (Wildman–Crippen LogP) is 3.76. The summed E-state index contributed by atoms with van der Waals surface area (Å²) in [5.41, 5.74) is -1.01. The SMILES string of the molecule is CN(C)C(=O)c1[nH]n2c(=O)cc(-c3cc(F)c(C4CCCCC4)c(F)c3)nc2c1C(=O)N1CC(CF)C1. The molecule has 0 unspecified atom stereocenters. The molecule has 3 heterocycles. The maximum Gasteiger partial charge on any atom is 0.273 e. The lowest BCUT2D eigenvalue weighted by Crippen LogP contribution is -2.51. The molecule has 1 aliphatic carbocycles. The second-order valence-corrected chi connectivity index (χ2v) is 10.1. The first-order chi connectivity index (χ1) is 17.7. The first kappa shape index (κ1) is 25.0. The van der Waals surface area contributed by atoms with Gasteiger partial charge >= 0.3 is 0 Å². The Morgan fingerprint density at radius 1 is 1.08 bits per heavy atom. The van der Waals surface area contributed by atoms with Crippen LogP contribution in [0, 0.1) is 17.6 Å². The number of carbonyl (C=O) groups excluding carboxylic acids is 2. The number of likely N-dealkylation sites (tertiary alicyclic amines) is 1. The number of aromatic nitrogens is 3. The van der Waals surface area contributed by atoms with Crippen LogP contribution in [0.4, 0.5) is 13.2 Å². The quantitative estimate of drug-likeness (QED) is 0.560. The molecule has 1 N–H and O–H groups in total. The van der Waals surface area contributed by atoms with E-state index in [1.807, 2.05) is 0 Å². The Labute approximate surface area is 211 Å². The van der Waals surface area contributed by atoms with E-state index in [-0.39, 0.29) is 58.7 Å². The van der Waals surface area contributed by atoms with E-state index in [1.54, 1.807) is 0 Å². The number of nitrogens with one attached hydrogen (secondary N) is 1. The maximum absolute atomic E-state index is 15.1. The highest BCUT2D eigenvalue weighted by Crippen LogP contribution is 2.37. The number of nitrogens with zero attached hydrogens (tertiary/aromatic N) is 4. The number of aromatic amines is 1. The van der Waals surface area contributed by atoms with E-state index < -0.39 is 35.7 Å². The molecule has 0 radical (unpaired) electrons. The van der Waals surface area contributed by atoms with Gasteiger partial charge in [0.2, 0.25) is 0 Å². The number of hydrogen-bond acceptors (Lipinski definition) is 4. The van der Waals surface area contributed by atoms with Gasteiger partial charge in [-0.15, -0.1) is 0 Å². The monoisotopic (exact) mass is 515 g/mol. The fourth-order valence-corrected chi connectivity index (χ4v) is 5.27. The lowest BCUT2D eigenvalue weighted by molar-refractivity contribution is 0.0450. The number of benzene rings is 1. The maximum atomic E-state index is 15.1. The summed E-state index contributed by atoms with van der Waals surface area (Å²) in [6.45, 7) is -0.229. The number of hydrogen-bond donors (Lipinski definition) is 1. The van der Waals surface area contributed by atoms with Crippen LogP contribution in [0.5, 0.6) is 0 Å². The van der Waals surface area contributed by atoms with Crippen LogP contribution in [0.15, 0.2) is 23.0 Å². The van der Waals surface area contributed by atoms with Crippen molar-refractivity contribution in [2.24, 2.45) is 5.92 Å². The number of halogens is 3. The molecule has 37 heavy (non-hydrogen) atoms. The molecule has 11 heteroatoms. The van der Waals surface area contributed by atoms with Crippen molar-refractivity contribution < 1.29 is 22.8 Å². The molecule has 1 aromatic carbocycles. The first-order valence-corrected chi connectivity index (χ1v) is 12.4. The third kappa shape index (κ3) is 4.40. The fourth-order valence-electron chi connectivity index (χ4n) is 5.27. The number of H-pyrrole nitrogens is 1. The molecule has 1 aliphatic heterocycles. The van der Waals surface area contributed by atoms with Crippen LogP contribution in [0.2, 0.25) is 0 Å². The Morgan fingerprint density at radius 2 is 1.73 bits per heavy atom. The zero-order valence-electron chi connectivity index (χ0n) is 20.7. The van der Waals surface area contributed by atoms with Crippen molar-refractivity contribution in [3.8, 4) is 11.3 Å². The highest BCUT2D eigenvalue weighted by atomic mass is 19.1. The number of fused-ring (bicyclic) bond motifs is 1. The Kier molecular flexibility index (Phi) is 6.55. The standard InChI is InChI=1S/C26H28F3N5O3/c1-32(2)26(37)23-22(25(36)33-12-14(11-27)13-33)24-30-19(10-20(35)34(24)31-23)16-8-17(28)21(18(29)9-16)15-6-4-3-5-7-15/h8-10,14-15,31H,3-7,11-13H2,1-2H3. The van der Waals surface area contributed by atoms with Gasteiger partial charge in [-0.05, 0) is 30.9 Å². The van der Waals surface area contributed by atoms with E-state index in [0.717, 1.165) is 54.8 Å². The van der Waals surface area contributed by atoms with Gasteiger partial charge in [-0.3, -0.25) is 23.9 Å². The molecular weight excluding hydrogens is 487 g/mol. The average Bonchev–Trinajstić information content (AvgIpc) is 3.23. The summed E-state index contributed by atoms with van der Waals surface area (Å²) in [5.74, 6) is -3.02. The van der Waals surface area contributed by atoms with Crippen molar-refractivity contribution in [1.29, 1.82) is 0 Å². The van der Waals surface area contributed by atoms with Gasteiger partial charge in [0.05, 0.1) is 12.4 Å². The van der Waals surface area contributed by atoms with Crippen molar-refractivity contribution >= 4 is 17.5 Å². The minimum atomic E-state index is -0.699. The zero-order chi connectivity index (χ0) is 26.4. The van der Waals surface area contributed by atoms with Crippen LogP contribution >= 0.6 is 0 Å². The Balaban J connectivity index is 1.62. The Hall–Kier alpha value is -3.63. The van der Waals surface area contributed by atoms with E-state index in [1.165, 1.54) is 23.9 Å². The molecular formula is C26H28F3N5O3. The van der Waals surface area contributed by atoms with Gasteiger partial charge in [0.25, 0.3) is 17.4 Å². The van der Waals surface area contributed by atoms with Gasteiger partial charge in [0, 0.05) is 50.3 Å². The van der Waals surface area contributed by atoms with Gasteiger partial charge in [0.15, 0.2) is 5.65 Å². The summed E-state index contributed by atoms with van der Waals surface area (Å²) >= 11 is 0. The summed E-state index contributed by atoms with van der Waals surface area (Å²) in [6, 6.07) is 3.41. The third-order valence-electron chi connectivity index (χ3n) is 7.30. The summed E-state index contributed by atoms with van der Waals surface area (Å²) < 4.78 is 44.2. The van der Waals surface area contributed by atoms with Crippen molar-refractivity contribution in [3.63, 3.8) is 0 Å². The molecule has 8 nitrogen and oxygen atoms in total. The minimum absolute atomic E-state index is 0.0276. The Morgan fingerprint density at radius 3 is 2.32 bits per heavy atom. The topological polar surface area (TPSA) is 90.8 Å². The molecule has 2 amide bonds. The molecule has 2 fully saturated rings. The number of alkyl halides is 1. The average molecular weight is 516 g/mol. The first-order valence-electron chi connectivity index (χ1n) is 12.4. The van der Waals surface area contributed by atoms with Crippen LogP contribution in [-0.2, 0) is 0 Å². The lowest BCUT2D eigenvalue weighted by Gasteiger charge is -2.37. The molecule has 5 rings (SSSR count). The van der Waals surface area contributed by atoms with E-state index >= 15 is 8.78 Å². The largest absolute Gasteiger partial charge is 0.343 e. The van der Waals surface area contributed by atoms with Crippen LogP contribution in [0.3, 0.4) is 0 Å². The molecule has 2 aliphatic rings. The molecule has 1 saturated carbocycles. The summed E-state index contributed by atoms with van der Waals surface area (Å²) in [7, 11) is 2.98. The highest BCUT2D eigenvalue weighted by Gasteiger charge is 2.36. The molecule has 0 atom stereocenters. The third-order valence-corrected chi connectivity index (χ3v) is 7.30. The molecule has 3 aromatic rings. The van der Waals surface area contributed by atoms with E-state index in [4.69, 9.17) is 0 Å². The number of rotatable bonds is 5. The second kappa shape index (κ2) is 9.68. The summed E-state index contributed by atoms with van der Waals surface area (Å²) in [4.78, 5) is 46.2. The smallest absolute Gasteiger partial charge is 0.273 e. The van der Waals surface area contributed by atoms with E-state index in [0.29, 0.717) is 0 Å². The normalized spacial score (nSPS) is 16.7. The zero-order valence-corrected chi connectivity index (χ0v) is 20.7. The second-order valence-electron chi connectivity index (χ2n) is 10.1. The molecule has 196 valence electrons. The van der Waals surface area contributed by atoms with Crippen LogP contribution < -0.4 is 5.56 Å². The number of carbonyl (C=O) groups is 2. The predicted molar refractivity (Wildman–Crippen MR) is 130 cm³/mol. The van der Waals surface area contributed by atoms with Gasteiger partial charge in [0.1, 0.15) is 22.9 Å². The molecule has 0 spiro atoms. The van der Waals surface area contributed by atoms with Gasteiger partial charge in [-0.25, -0.2) is 18.3 Å². The van der Waals surface area contributed by atoms with Crippen LogP contribution in [0.1, 0.15) is 64.4 Å². The molecule has 1 saturated heterocycles. The van der Waals surface area contributed by atoms with Crippen molar-refractivity contribution in [3.05, 3.63) is 57.0 Å². The van der Waals surface area contributed by atoms with Crippen molar-refractivity contribution in [2.45, 2.75) is 38.0 Å². The molecule has 2 aromatic heterocycles. The van der Waals surface area contributed by atoms with E-state index in [9.17, 15) is 18.8 Å². The highest BCUT2D eigenvalue weighted by molar-refractivity contribution is 6.10. The van der Waals surface area contributed by atoms with Gasteiger partial charge < -0.3 is 9.80 Å². The minimum Gasteiger partial charge on any atom is -0.343 e. The number of amides is 2. The Bertz CT molecular complexity index is 1410. The molecule has 0 bridgehead atoms. The summed E-state index contributed by atoms with van der Waals surface area (Å²) in [6.07, 6.45) is 4.32. The van der Waals surface area contributed by atoms with Gasteiger partial charge in [-0.2, -0.15) is 0 Å². The van der Waals surface area contributed by atoms with Crippen molar-refractivity contribution in [1.82, 2.24) is 24.4 Å². The van der Waals surface area contributed by atoms with Crippen LogP contribution in [0.25, 0.3) is 16.9 Å². The van der Waals surface area contributed by atoms with E-state index in [2.05, 4.69) is 10.1 Å². The van der Waals surface area contributed by atoms with Gasteiger partial charge in [-0.1, -0.05) is 19.3 Å². The lowest BCUT2D eigenvalue weighted by atomic mass is 9.83. The fraction of sp³-hybridized carbons (Fsp3) is 0.462. The summed E-state index contributed by atoms with van der Waals surface area (Å²) in [5, 5.41) is 2.66. The van der Waals surface area contributed by atoms with Crippen molar-refractivity contribution in [2.75, 3.05) is 33.9 Å². The van der Waals surface area contributed by atoms with Crippen LogP contribution in [-0.4, -0.2) is 70.1 Å².